The number of hydrogen-bond acceptors (Lipinski definition) is 7. The van der Waals surface area contributed by atoms with E-state index in [1.807, 2.05) is 17.0 Å². The number of rotatable bonds is 8. The van der Waals surface area contributed by atoms with Gasteiger partial charge in [0.25, 0.3) is 11.8 Å². The van der Waals surface area contributed by atoms with Crippen molar-refractivity contribution in [3.05, 3.63) is 59.2 Å². The van der Waals surface area contributed by atoms with E-state index in [1.165, 1.54) is 18.6 Å². The highest BCUT2D eigenvalue weighted by Gasteiger charge is 2.44. The molecule has 2 saturated heterocycles. The SMILES string of the molecule is O=C1CCC(N2C(=O)c3ccc(NCC(=O)Nc4ccc(CCC(=O)N5CCCCC5)cc4)cc3C2=O)C(=O)N1. The number of carbonyl (C=O) groups is 6. The van der Waals surface area contributed by atoms with Gasteiger partial charge in [-0.25, -0.2) is 0 Å². The number of nitrogens with zero attached hydrogens (tertiary/aromatic N) is 2. The number of imide groups is 2. The number of benzene rings is 2. The van der Waals surface area contributed by atoms with E-state index in [0.717, 1.165) is 36.4 Å². The van der Waals surface area contributed by atoms with E-state index in [2.05, 4.69) is 16.0 Å². The monoisotopic (exact) mass is 545 g/mol. The summed E-state index contributed by atoms with van der Waals surface area (Å²) in [6.07, 6.45) is 4.57. The number of amides is 6. The molecule has 6 amide bonds. The van der Waals surface area contributed by atoms with Gasteiger partial charge in [0.2, 0.25) is 23.6 Å². The average Bonchev–Trinajstić information content (AvgIpc) is 3.20. The third kappa shape index (κ3) is 5.88. The van der Waals surface area contributed by atoms with Crippen LogP contribution in [0.15, 0.2) is 42.5 Å². The lowest BCUT2D eigenvalue weighted by atomic mass is 10.0. The van der Waals surface area contributed by atoms with Crippen molar-refractivity contribution >= 4 is 46.8 Å². The number of anilines is 2. The van der Waals surface area contributed by atoms with Crippen LogP contribution in [0.4, 0.5) is 11.4 Å². The molecule has 208 valence electrons. The summed E-state index contributed by atoms with van der Waals surface area (Å²) in [6.45, 7) is 1.61. The first-order chi connectivity index (χ1) is 19.3. The van der Waals surface area contributed by atoms with Gasteiger partial charge in [-0.3, -0.25) is 39.0 Å². The van der Waals surface area contributed by atoms with Crippen LogP contribution in [0.3, 0.4) is 0 Å². The molecule has 0 aliphatic carbocycles. The van der Waals surface area contributed by atoms with Crippen LogP contribution >= 0.6 is 0 Å². The van der Waals surface area contributed by atoms with Gasteiger partial charge in [0.1, 0.15) is 6.04 Å². The Bertz CT molecular complexity index is 1370. The van der Waals surface area contributed by atoms with Gasteiger partial charge in [-0.1, -0.05) is 12.1 Å². The molecule has 40 heavy (non-hydrogen) atoms. The number of carbonyl (C=O) groups excluding carboxylic acids is 6. The number of fused-ring (bicyclic) bond motifs is 1. The summed E-state index contributed by atoms with van der Waals surface area (Å²) in [7, 11) is 0. The van der Waals surface area contributed by atoms with E-state index in [1.54, 1.807) is 18.2 Å². The van der Waals surface area contributed by atoms with Crippen LogP contribution in [-0.2, 0) is 25.6 Å². The predicted octanol–water partition coefficient (Wildman–Crippen LogP) is 2.08. The molecule has 0 bridgehead atoms. The summed E-state index contributed by atoms with van der Waals surface area (Å²) in [5.41, 5.74) is 2.41. The van der Waals surface area contributed by atoms with E-state index in [-0.39, 0.29) is 42.3 Å². The fourth-order valence-corrected chi connectivity index (χ4v) is 5.28. The van der Waals surface area contributed by atoms with Crippen LogP contribution in [-0.4, -0.2) is 70.9 Å². The Kier molecular flexibility index (Phi) is 7.90. The molecular formula is C29H31N5O6. The maximum Gasteiger partial charge on any atom is 0.262 e. The van der Waals surface area contributed by atoms with Gasteiger partial charge in [0.15, 0.2) is 0 Å². The van der Waals surface area contributed by atoms with Crippen LogP contribution in [0.25, 0.3) is 0 Å². The molecule has 2 aromatic carbocycles. The summed E-state index contributed by atoms with van der Waals surface area (Å²) in [6, 6.07) is 10.9. The standard InChI is InChI=1S/C29H31N5O6/c35-24-12-11-23(27(38)32-24)34-28(39)21-10-9-20(16-22(21)29(34)40)30-17-25(36)31-19-7-4-18(5-8-19)6-13-26(37)33-14-2-1-3-15-33/h4-5,7-10,16,23,30H,1-3,6,11-15,17H2,(H,31,36)(H,32,35,38). The highest BCUT2D eigenvalue weighted by molar-refractivity contribution is 6.23. The first-order valence-electron chi connectivity index (χ1n) is 13.6. The zero-order valence-electron chi connectivity index (χ0n) is 22.0. The van der Waals surface area contributed by atoms with Crippen molar-refractivity contribution in [2.45, 2.75) is 51.0 Å². The molecule has 0 saturated carbocycles. The Morgan fingerprint density at radius 1 is 0.875 bits per heavy atom. The normalized spacial score (nSPS) is 18.9. The van der Waals surface area contributed by atoms with Crippen molar-refractivity contribution < 1.29 is 28.8 Å². The lowest BCUT2D eigenvalue weighted by Crippen LogP contribution is -2.54. The van der Waals surface area contributed by atoms with Crippen LogP contribution < -0.4 is 16.0 Å². The maximum absolute atomic E-state index is 13.0. The Balaban J connectivity index is 1.12. The first kappa shape index (κ1) is 27.0. The van der Waals surface area contributed by atoms with Crippen molar-refractivity contribution in [2.24, 2.45) is 0 Å². The first-order valence-corrected chi connectivity index (χ1v) is 13.6. The highest BCUT2D eigenvalue weighted by Crippen LogP contribution is 2.29. The summed E-state index contributed by atoms with van der Waals surface area (Å²) < 4.78 is 0. The van der Waals surface area contributed by atoms with Crippen LogP contribution in [0.2, 0.25) is 0 Å². The minimum Gasteiger partial charge on any atom is -0.376 e. The lowest BCUT2D eigenvalue weighted by molar-refractivity contribution is -0.136. The quantitative estimate of drug-likeness (QED) is 0.431. The number of hydrogen-bond donors (Lipinski definition) is 3. The van der Waals surface area contributed by atoms with Gasteiger partial charge in [-0.05, 0) is 68.0 Å². The van der Waals surface area contributed by atoms with E-state index < -0.39 is 29.7 Å². The Labute approximate surface area is 231 Å². The topological polar surface area (TPSA) is 145 Å². The second kappa shape index (κ2) is 11.7. The van der Waals surface area contributed by atoms with Gasteiger partial charge in [0, 0.05) is 37.3 Å². The van der Waals surface area contributed by atoms with Gasteiger partial charge < -0.3 is 15.5 Å². The van der Waals surface area contributed by atoms with E-state index in [4.69, 9.17) is 0 Å². The molecule has 3 N–H and O–H groups in total. The molecule has 3 heterocycles. The van der Waals surface area contributed by atoms with Crippen molar-refractivity contribution in [3.63, 3.8) is 0 Å². The van der Waals surface area contributed by atoms with Crippen molar-refractivity contribution in [3.8, 4) is 0 Å². The fourth-order valence-electron chi connectivity index (χ4n) is 5.28. The molecule has 11 nitrogen and oxygen atoms in total. The lowest BCUT2D eigenvalue weighted by Gasteiger charge is -2.27. The second-order valence-corrected chi connectivity index (χ2v) is 10.2. The van der Waals surface area contributed by atoms with E-state index in [0.29, 0.717) is 24.2 Å². The van der Waals surface area contributed by atoms with Gasteiger partial charge >= 0.3 is 0 Å². The molecule has 3 aliphatic rings. The number of piperidine rings is 2. The summed E-state index contributed by atoms with van der Waals surface area (Å²) in [5, 5.41) is 7.93. The zero-order valence-corrected chi connectivity index (χ0v) is 22.0. The van der Waals surface area contributed by atoms with Crippen LogP contribution in [0.5, 0.6) is 0 Å². The maximum atomic E-state index is 13.0. The van der Waals surface area contributed by atoms with Crippen LogP contribution in [0.1, 0.15) is 64.8 Å². The minimum absolute atomic E-state index is 0.0485. The molecule has 2 fully saturated rings. The average molecular weight is 546 g/mol. The van der Waals surface area contributed by atoms with Gasteiger partial charge in [-0.2, -0.15) is 0 Å². The van der Waals surface area contributed by atoms with Gasteiger partial charge in [-0.15, -0.1) is 0 Å². The minimum atomic E-state index is -1.03. The van der Waals surface area contributed by atoms with Crippen molar-refractivity contribution in [2.75, 3.05) is 30.3 Å². The summed E-state index contributed by atoms with van der Waals surface area (Å²) >= 11 is 0. The summed E-state index contributed by atoms with van der Waals surface area (Å²) in [4.78, 5) is 77.2. The molecule has 5 rings (SSSR count). The molecule has 3 aliphatic heterocycles. The third-order valence-electron chi connectivity index (χ3n) is 7.47. The Morgan fingerprint density at radius 3 is 2.30 bits per heavy atom. The smallest absolute Gasteiger partial charge is 0.262 e. The van der Waals surface area contributed by atoms with Crippen molar-refractivity contribution in [1.82, 2.24) is 15.1 Å². The van der Waals surface area contributed by atoms with Crippen LogP contribution in [0, 0.1) is 0 Å². The molecule has 1 atom stereocenters. The van der Waals surface area contributed by atoms with E-state index >= 15 is 0 Å². The highest BCUT2D eigenvalue weighted by atomic mass is 16.2. The molecule has 2 aromatic rings. The largest absolute Gasteiger partial charge is 0.376 e. The molecule has 0 spiro atoms. The Morgan fingerprint density at radius 2 is 1.57 bits per heavy atom. The number of likely N-dealkylation sites (tertiary alicyclic amines) is 1. The molecule has 1 unspecified atom stereocenters. The Hall–Kier alpha value is -4.54. The zero-order chi connectivity index (χ0) is 28.2. The predicted molar refractivity (Wildman–Crippen MR) is 145 cm³/mol. The molecule has 0 aromatic heterocycles. The van der Waals surface area contributed by atoms with E-state index in [9.17, 15) is 28.8 Å². The molecule has 11 heteroatoms. The fraction of sp³-hybridized carbons (Fsp3) is 0.379. The molecular weight excluding hydrogens is 514 g/mol. The number of nitrogens with one attached hydrogen (secondary N) is 3. The summed E-state index contributed by atoms with van der Waals surface area (Å²) in [5.74, 6) is -2.41. The number of aryl methyl sites for hydroxylation is 1. The second-order valence-electron chi connectivity index (χ2n) is 10.2. The molecule has 0 radical (unpaired) electrons. The third-order valence-corrected chi connectivity index (χ3v) is 7.47. The van der Waals surface area contributed by atoms with Gasteiger partial charge in [0.05, 0.1) is 17.7 Å². The van der Waals surface area contributed by atoms with Crippen molar-refractivity contribution in [1.29, 1.82) is 0 Å².